The molecule has 0 aliphatic carbocycles. The molecule has 0 atom stereocenters. The van der Waals surface area contributed by atoms with Crippen molar-refractivity contribution in [3.05, 3.63) is 23.2 Å². The summed E-state index contributed by atoms with van der Waals surface area (Å²) in [7, 11) is -8.00. The molecule has 0 aliphatic heterocycles. The van der Waals surface area contributed by atoms with E-state index in [1.165, 1.54) is 19.2 Å². The Balaban J connectivity index is 0.00000400. The predicted octanol–water partition coefficient (Wildman–Crippen LogP) is -2.94. The molecule has 9 nitrogen and oxygen atoms in total. The topological polar surface area (TPSA) is 146 Å². The van der Waals surface area contributed by atoms with Gasteiger partial charge in [0.15, 0.2) is 4.98 Å². The standard InChI is InChI=1S/C9H11N3O6S2.Na/c1-12(4-5-19(13,14)15)8-3-2-7(11-10)6-9(8)20(16,17)18;/h2-3,6H,4-5H2,1H3,(H-,13,14,15,16,17,18);/q;+1/p-1. The molecule has 110 valence electrons. The second-order valence-corrected chi connectivity index (χ2v) is 6.76. The van der Waals surface area contributed by atoms with Crippen LogP contribution in [-0.4, -0.2) is 45.3 Å². The molecule has 0 amide bonds. The molecule has 1 aromatic carbocycles. The first-order valence-corrected chi connectivity index (χ1v) is 8.13. The van der Waals surface area contributed by atoms with Crippen molar-refractivity contribution in [2.45, 2.75) is 4.90 Å². The third-order valence-electron chi connectivity index (χ3n) is 2.42. The maximum absolute atomic E-state index is 11.1. The zero-order chi connectivity index (χ0) is 15.6. The number of hydrogen-bond acceptors (Lipinski definition) is 8. The van der Waals surface area contributed by atoms with Gasteiger partial charge in [0.1, 0.15) is 10.1 Å². The van der Waals surface area contributed by atoms with E-state index in [1.54, 1.807) is 0 Å². The molecular weight excluding hydrogens is 333 g/mol. The minimum Gasteiger partial charge on any atom is -0.748 e. The fraction of sp³-hybridized carbons (Fsp3) is 0.333. The van der Waals surface area contributed by atoms with Crippen molar-refractivity contribution in [3.63, 3.8) is 0 Å². The van der Waals surface area contributed by atoms with Gasteiger partial charge in [0, 0.05) is 19.7 Å². The van der Waals surface area contributed by atoms with Crippen LogP contribution >= 0.6 is 0 Å². The van der Waals surface area contributed by atoms with Crippen molar-refractivity contribution < 1.29 is 55.5 Å². The quantitative estimate of drug-likeness (QED) is 0.313. The normalized spacial score (nSPS) is 11.3. The van der Waals surface area contributed by atoms with Crippen LogP contribution in [0.4, 0.5) is 11.4 Å². The summed E-state index contributed by atoms with van der Waals surface area (Å²) in [6.45, 7) is -0.288. The third-order valence-corrected chi connectivity index (χ3v) is 3.96. The molecule has 0 unspecified atom stereocenters. The second kappa shape index (κ2) is 7.50. The Morgan fingerprint density at radius 2 is 1.81 bits per heavy atom. The number of rotatable bonds is 5. The molecule has 0 saturated heterocycles. The van der Waals surface area contributed by atoms with E-state index in [4.69, 9.17) is 5.39 Å². The molecule has 0 saturated carbocycles. The Morgan fingerprint density at radius 1 is 1.24 bits per heavy atom. The van der Waals surface area contributed by atoms with Crippen molar-refractivity contribution in [1.29, 1.82) is 5.39 Å². The van der Waals surface area contributed by atoms with Crippen LogP contribution in [0.3, 0.4) is 0 Å². The van der Waals surface area contributed by atoms with Gasteiger partial charge in [-0.1, -0.05) is 0 Å². The minimum absolute atomic E-state index is 0. The molecule has 0 bridgehead atoms. The van der Waals surface area contributed by atoms with E-state index >= 15 is 0 Å². The maximum atomic E-state index is 11.1. The molecule has 0 radical (unpaired) electrons. The average molecular weight is 343 g/mol. The summed E-state index contributed by atoms with van der Waals surface area (Å²) in [5.41, 5.74) is -0.232. The van der Waals surface area contributed by atoms with Gasteiger partial charge >= 0.3 is 35.2 Å². The molecule has 0 spiro atoms. The van der Waals surface area contributed by atoms with Gasteiger partial charge in [-0.05, 0) is 6.07 Å². The van der Waals surface area contributed by atoms with Gasteiger partial charge in [-0.15, -0.1) is 0 Å². The monoisotopic (exact) mass is 343 g/mol. The summed E-state index contributed by atoms with van der Waals surface area (Å²) < 4.78 is 65.0. The average Bonchev–Trinajstić information content (AvgIpc) is 2.33. The van der Waals surface area contributed by atoms with Crippen molar-refractivity contribution in [3.8, 4) is 0 Å². The van der Waals surface area contributed by atoms with E-state index in [0.717, 1.165) is 11.0 Å². The van der Waals surface area contributed by atoms with Crippen LogP contribution in [0.1, 0.15) is 0 Å². The van der Waals surface area contributed by atoms with E-state index in [1.807, 2.05) is 0 Å². The molecule has 1 aromatic rings. The van der Waals surface area contributed by atoms with Crippen molar-refractivity contribution in [2.75, 3.05) is 24.2 Å². The van der Waals surface area contributed by atoms with Gasteiger partial charge in [-0.2, -0.15) is 0 Å². The summed E-state index contributed by atoms with van der Waals surface area (Å²) in [6, 6.07) is 3.25. The van der Waals surface area contributed by atoms with Crippen LogP contribution in [-0.2, 0) is 20.2 Å². The summed E-state index contributed by atoms with van der Waals surface area (Å²) >= 11 is 0. The predicted molar refractivity (Wildman–Crippen MR) is 67.0 cm³/mol. The van der Waals surface area contributed by atoms with Gasteiger partial charge in [0.2, 0.25) is 5.39 Å². The molecule has 0 N–H and O–H groups in total. The first kappa shape index (κ1) is 20.3. The Bertz CT molecular complexity index is 756. The Morgan fingerprint density at radius 3 is 2.24 bits per heavy atom. The summed E-state index contributed by atoms with van der Waals surface area (Å²) in [4.78, 5) is 3.23. The maximum Gasteiger partial charge on any atom is 1.00 e. The zero-order valence-electron chi connectivity index (χ0n) is 11.3. The van der Waals surface area contributed by atoms with Crippen LogP contribution in [0, 0.1) is 5.39 Å². The molecule has 0 aliphatic rings. The molecule has 0 heterocycles. The van der Waals surface area contributed by atoms with E-state index in [-0.39, 0.29) is 47.5 Å². The molecule has 1 rings (SSSR count). The Hall–Kier alpha value is -0.740. The smallest absolute Gasteiger partial charge is 0.748 e. The number of hydrogen-bond donors (Lipinski definition) is 0. The number of nitrogens with zero attached hydrogens (tertiary/aromatic N) is 3. The summed E-state index contributed by atoms with van der Waals surface area (Å²) in [5, 5.41) is 8.56. The largest absolute Gasteiger partial charge is 1.00 e. The van der Waals surface area contributed by atoms with Crippen LogP contribution in [0.25, 0.3) is 4.98 Å². The van der Waals surface area contributed by atoms with Crippen molar-refractivity contribution >= 4 is 31.6 Å². The van der Waals surface area contributed by atoms with Crippen LogP contribution < -0.4 is 34.5 Å². The fourth-order valence-electron chi connectivity index (χ4n) is 1.45. The Kier molecular flexibility index (Phi) is 7.24. The van der Waals surface area contributed by atoms with Gasteiger partial charge < -0.3 is 14.0 Å². The van der Waals surface area contributed by atoms with E-state index in [0.29, 0.717) is 0 Å². The molecule has 21 heavy (non-hydrogen) atoms. The fourth-order valence-corrected chi connectivity index (χ4v) is 2.69. The van der Waals surface area contributed by atoms with Crippen molar-refractivity contribution in [2.24, 2.45) is 0 Å². The molecule has 12 heteroatoms. The molecule has 0 fully saturated rings. The van der Waals surface area contributed by atoms with E-state index in [9.17, 15) is 25.9 Å². The summed E-state index contributed by atoms with van der Waals surface area (Å²) in [5.74, 6) is -0.742. The molecule has 0 aromatic heterocycles. The van der Waals surface area contributed by atoms with E-state index in [2.05, 4.69) is 4.98 Å². The third kappa shape index (κ3) is 6.27. The van der Waals surface area contributed by atoms with Crippen LogP contribution in [0.2, 0.25) is 0 Å². The van der Waals surface area contributed by atoms with Crippen LogP contribution in [0.15, 0.2) is 23.1 Å². The molecular formula is C9H10N3NaO6S2. The van der Waals surface area contributed by atoms with E-state index < -0.39 is 30.9 Å². The van der Waals surface area contributed by atoms with Gasteiger partial charge in [0.05, 0.1) is 32.5 Å². The van der Waals surface area contributed by atoms with Gasteiger partial charge in [-0.3, -0.25) is 0 Å². The second-order valence-electron chi connectivity index (χ2n) is 3.89. The number of benzene rings is 1. The first-order chi connectivity index (χ1) is 9.04. The van der Waals surface area contributed by atoms with Gasteiger partial charge in [-0.25, -0.2) is 16.8 Å². The number of diazo groups is 1. The minimum atomic E-state index is -4.86. The van der Waals surface area contributed by atoms with Gasteiger partial charge in [0.25, 0.3) is 0 Å². The summed E-state index contributed by atoms with van der Waals surface area (Å²) in [6.07, 6.45) is 0. The SMILES string of the molecule is CN(CCS(=O)(=O)[O-])c1ccc([N+]#N)cc1S(=O)(=O)[O-].[Na+]. The Labute approximate surface area is 144 Å². The zero-order valence-corrected chi connectivity index (χ0v) is 14.9. The van der Waals surface area contributed by atoms with Crippen molar-refractivity contribution in [1.82, 2.24) is 0 Å². The first-order valence-electron chi connectivity index (χ1n) is 5.14. The van der Waals surface area contributed by atoms with Crippen LogP contribution in [0.5, 0.6) is 0 Å². The number of anilines is 1.